The predicted molar refractivity (Wildman–Crippen MR) is 82.2 cm³/mol. The molecule has 21 heavy (non-hydrogen) atoms. The fraction of sp³-hybridized carbons (Fsp3) is 0.438. The second-order valence-corrected chi connectivity index (χ2v) is 6.58. The van der Waals surface area contributed by atoms with Crippen LogP contribution in [0.15, 0.2) is 24.4 Å². The van der Waals surface area contributed by atoms with Crippen LogP contribution in [0.5, 0.6) is 0 Å². The third kappa shape index (κ3) is 2.15. The lowest BCUT2D eigenvalue weighted by Gasteiger charge is -2.32. The van der Waals surface area contributed by atoms with Crippen LogP contribution in [-0.4, -0.2) is 23.3 Å². The van der Waals surface area contributed by atoms with Crippen molar-refractivity contribution in [3.8, 4) is 0 Å². The zero-order chi connectivity index (χ0) is 15.4. The summed E-state index contributed by atoms with van der Waals surface area (Å²) in [5.74, 6) is -0.286. The van der Waals surface area contributed by atoms with Gasteiger partial charge in [-0.05, 0) is 51.7 Å². The zero-order valence-corrected chi connectivity index (χ0v) is 13.0. The zero-order valence-electron chi connectivity index (χ0n) is 13.0. The van der Waals surface area contributed by atoms with Crippen LogP contribution in [0.2, 0.25) is 0 Å². The summed E-state index contributed by atoms with van der Waals surface area (Å²) in [7, 11) is -0.511. The van der Waals surface area contributed by atoms with E-state index in [1.807, 2.05) is 39.8 Å². The average Bonchev–Trinajstić information content (AvgIpc) is 2.62. The smallest absolute Gasteiger partial charge is 0.399 e. The number of aryl methyl sites for hydroxylation is 1. The van der Waals surface area contributed by atoms with E-state index >= 15 is 0 Å². The van der Waals surface area contributed by atoms with Crippen molar-refractivity contribution in [2.45, 2.75) is 45.8 Å². The molecule has 1 fully saturated rings. The lowest BCUT2D eigenvalue weighted by molar-refractivity contribution is 0.00578. The minimum Gasteiger partial charge on any atom is -0.399 e. The molecule has 1 aliphatic rings. The van der Waals surface area contributed by atoms with Crippen molar-refractivity contribution in [3.05, 3.63) is 35.8 Å². The van der Waals surface area contributed by atoms with Gasteiger partial charge in [-0.2, -0.15) is 0 Å². The molecule has 0 aliphatic carbocycles. The maximum atomic E-state index is 14.2. The molecule has 0 amide bonds. The SMILES string of the molecule is Cc1ccc2c(B3OC(C)(C)C(C)(C)O3)ccnc2c1F. The molecule has 3 nitrogen and oxygen atoms in total. The minimum absolute atomic E-state index is 0.286. The highest BCUT2D eigenvalue weighted by atomic mass is 19.1. The number of fused-ring (bicyclic) bond motifs is 1. The molecule has 0 spiro atoms. The van der Waals surface area contributed by atoms with E-state index < -0.39 is 18.3 Å². The van der Waals surface area contributed by atoms with Gasteiger partial charge >= 0.3 is 7.12 Å². The van der Waals surface area contributed by atoms with E-state index in [-0.39, 0.29) is 5.82 Å². The van der Waals surface area contributed by atoms with Gasteiger partial charge < -0.3 is 9.31 Å². The van der Waals surface area contributed by atoms with Crippen molar-refractivity contribution in [2.24, 2.45) is 0 Å². The first-order valence-electron chi connectivity index (χ1n) is 7.12. The van der Waals surface area contributed by atoms with E-state index in [1.54, 1.807) is 19.2 Å². The van der Waals surface area contributed by atoms with Gasteiger partial charge in [-0.25, -0.2) is 4.39 Å². The molecule has 0 atom stereocenters. The first kappa shape index (κ1) is 14.5. The molecule has 1 aromatic carbocycles. The fourth-order valence-electron chi connectivity index (χ4n) is 2.48. The van der Waals surface area contributed by atoms with E-state index in [2.05, 4.69) is 4.98 Å². The molecule has 2 aromatic rings. The normalized spacial score (nSPS) is 20.2. The number of hydrogen-bond acceptors (Lipinski definition) is 3. The standard InChI is InChI=1S/C16H19BFNO2/c1-10-6-7-11-12(8-9-19-14(11)13(10)18)17-20-15(2,3)16(4,5)21-17/h6-9H,1-5H3. The summed E-state index contributed by atoms with van der Waals surface area (Å²) >= 11 is 0. The van der Waals surface area contributed by atoms with Gasteiger partial charge in [-0.15, -0.1) is 0 Å². The topological polar surface area (TPSA) is 31.4 Å². The fourth-order valence-corrected chi connectivity index (χ4v) is 2.48. The molecule has 3 rings (SSSR count). The van der Waals surface area contributed by atoms with E-state index in [9.17, 15) is 4.39 Å². The van der Waals surface area contributed by atoms with Gasteiger partial charge in [0.25, 0.3) is 0 Å². The van der Waals surface area contributed by atoms with E-state index in [0.717, 1.165) is 10.8 Å². The molecule has 1 aliphatic heterocycles. The van der Waals surface area contributed by atoms with Crippen LogP contribution in [0, 0.1) is 12.7 Å². The molecule has 0 radical (unpaired) electrons. The highest BCUT2D eigenvalue weighted by Crippen LogP contribution is 2.37. The molecule has 0 saturated carbocycles. The van der Waals surface area contributed by atoms with Gasteiger partial charge in [-0.1, -0.05) is 12.1 Å². The number of rotatable bonds is 1. The summed E-state index contributed by atoms with van der Waals surface area (Å²) in [6.07, 6.45) is 1.60. The molecule has 0 bridgehead atoms. The summed E-state index contributed by atoms with van der Waals surface area (Å²) in [4.78, 5) is 4.16. The van der Waals surface area contributed by atoms with Crippen LogP contribution >= 0.6 is 0 Å². The highest BCUT2D eigenvalue weighted by molar-refractivity contribution is 6.65. The predicted octanol–water partition coefficient (Wildman–Crippen LogP) is 2.98. The molecule has 0 N–H and O–H groups in total. The number of halogens is 1. The van der Waals surface area contributed by atoms with Crippen LogP contribution in [-0.2, 0) is 9.31 Å². The number of nitrogens with zero attached hydrogens (tertiary/aromatic N) is 1. The van der Waals surface area contributed by atoms with Crippen molar-refractivity contribution in [1.82, 2.24) is 4.98 Å². The largest absolute Gasteiger partial charge is 0.495 e. The van der Waals surface area contributed by atoms with Crippen molar-refractivity contribution < 1.29 is 13.7 Å². The van der Waals surface area contributed by atoms with Gasteiger partial charge in [0.05, 0.1) is 11.2 Å². The van der Waals surface area contributed by atoms with Crippen molar-refractivity contribution in [2.75, 3.05) is 0 Å². The maximum absolute atomic E-state index is 14.2. The van der Waals surface area contributed by atoms with Crippen LogP contribution in [0.3, 0.4) is 0 Å². The van der Waals surface area contributed by atoms with Crippen LogP contribution in [0.1, 0.15) is 33.3 Å². The number of benzene rings is 1. The molecule has 110 valence electrons. The number of hydrogen-bond donors (Lipinski definition) is 0. The van der Waals surface area contributed by atoms with Crippen molar-refractivity contribution >= 4 is 23.5 Å². The molecular formula is C16H19BFNO2. The highest BCUT2D eigenvalue weighted by Gasteiger charge is 2.52. The molecule has 2 heterocycles. The lowest BCUT2D eigenvalue weighted by Crippen LogP contribution is -2.41. The second-order valence-electron chi connectivity index (χ2n) is 6.58. The van der Waals surface area contributed by atoms with E-state index in [1.165, 1.54) is 0 Å². The molecule has 1 aromatic heterocycles. The first-order valence-corrected chi connectivity index (χ1v) is 7.12. The minimum atomic E-state index is -0.511. The van der Waals surface area contributed by atoms with Gasteiger partial charge in [-0.3, -0.25) is 4.98 Å². The third-order valence-electron chi connectivity index (χ3n) is 4.59. The Bertz CT molecular complexity index is 699. The second kappa shape index (κ2) is 4.52. The Hall–Kier alpha value is -1.46. The van der Waals surface area contributed by atoms with Crippen LogP contribution in [0.4, 0.5) is 4.39 Å². The first-order chi connectivity index (χ1) is 9.73. The summed E-state index contributed by atoms with van der Waals surface area (Å²) < 4.78 is 26.3. The number of pyridine rings is 1. The Kier molecular flexibility index (Phi) is 3.12. The molecule has 5 heteroatoms. The van der Waals surface area contributed by atoms with Crippen molar-refractivity contribution in [3.63, 3.8) is 0 Å². The van der Waals surface area contributed by atoms with E-state index in [0.29, 0.717) is 11.1 Å². The van der Waals surface area contributed by atoms with Gasteiger partial charge in [0.1, 0.15) is 5.52 Å². The Balaban J connectivity index is 2.13. The molecule has 1 saturated heterocycles. The van der Waals surface area contributed by atoms with Crippen LogP contribution in [0.25, 0.3) is 10.9 Å². The third-order valence-corrected chi connectivity index (χ3v) is 4.59. The summed E-state index contributed by atoms with van der Waals surface area (Å²) in [5, 5.41) is 0.735. The summed E-state index contributed by atoms with van der Waals surface area (Å²) in [6, 6.07) is 5.47. The van der Waals surface area contributed by atoms with E-state index in [4.69, 9.17) is 9.31 Å². The lowest BCUT2D eigenvalue weighted by atomic mass is 9.77. The maximum Gasteiger partial charge on any atom is 0.495 e. The Morgan fingerprint density at radius 1 is 1.05 bits per heavy atom. The van der Waals surface area contributed by atoms with Crippen molar-refractivity contribution in [1.29, 1.82) is 0 Å². The van der Waals surface area contributed by atoms with Crippen LogP contribution < -0.4 is 5.46 Å². The number of aromatic nitrogens is 1. The summed E-state index contributed by atoms with van der Waals surface area (Å²) in [6.45, 7) is 9.74. The van der Waals surface area contributed by atoms with Gasteiger partial charge in [0, 0.05) is 11.6 Å². The summed E-state index contributed by atoms with van der Waals surface area (Å²) in [5.41, 5.74) is 0.924. The average molecular weight is 287 g/mol. The monoisotopic (exact) mass is 287 g/mol. The Labute approximate surface area is 124 Å². The molecule has 0 unspecified atom stereocenters. The van der Waals surface area contributed by atoms with Gasteiger partial charge in [0.2, 0.25) is 0 Å². The Morgan fingerprint density at radius 2 is 1.67 bits per heavy atom. The quantitative estimate of drug-likeness (QED) is 0.756. The molecular weight excluding hydrogens is 268 g/mol. The van der Waals surface area contributed by atoms with Gasteiger partial charge in [0.15, 0.2) is 5.82 Å². The Morgan fingerprint density at radius 3 is 2.29 bits per heavy atom.